The SMILES string of the molecule is Cc1ccc2nc(CSCc3cccc(Cl)c3)cc(=O)n2c1. The average molecular weight is 331 g/mol. The minimum Gasteiger partial charge on any atom is -0.269 e. The summed E-state index contributed by atoms with van der Waals surface area (Å²) < 4.78 is 1.58. The molecular weight excluding hydrogens is 316 g/mol. The van der Waals surface area contributed by atoms with E-state index < -0.39 is 0 Å². The van der Waals surface area contributed by atoms with Crippen LogP contribution in [-0.2, 0) is 11.5 Å². The number of aromatic nitrogens is 2. The second-order valence-corrected chi connectivity index (χ2v) is 6.57. The van der Waals surface area contributed by atoms with E-state index in [1.165, 1.54) is 5.56 Å². The van der Waals surface area contributed by atoms with Crippen LogP contribution < -0.4 is 5.56 Å². The first-order chi connectivity index (χ1) is 10.6. The zero-order chi connectivity index (χ0) is 15.5. The molecule has 0 N–H and O–H groups in total. The van der Waals surface area contributed by atoms with E-state index in [4.69, 9.17) is 11.6 Å². The quantitative estimate of drug-likeness (QED) is 0.722. The fourth-order valence-electron chi connectivity index (χ4n) is 2.23. The highest BCUT2D eigenvalue weighted by atomic mass is 35.5. The van der Waals surface area contributed by atoms with E-state index in [1.807, 2.05) is 49.5 Å². The maximum Gasteiger partial charge on any atom is 0.258 e. The molecule has 2 heterocycles. The number of fused-ring (bicyclic) bond motifs is 1. The van der Waals surface area contributed by atoms with Gasteiger partial charge in [0.2, 0.25) is 0 Å². The van der Waals surface area contributed by atoms with Crippen molar-refractivity contribution in [2.45, 2.75) is 18.4 Å². The van der Waals surface area contributed by atoms with Crippen LogP contribution in [0.2, 0.25) is 5.02 Å². The Kier molecular flexibility index (Phi) is 4.50. The van der Waals surface area contributed by atoms with Crippen LogP contribution in [0.4, 0.5) is 0 Å². The molecule has 0 aliphatic rings. The van der Waals surface area contributed by atoms with E-state index in [0.29, 0.717) is 11.4 Å². The summed E-state index contributed by atoms with van der Waals surface area (Å²) in [6.07, 6.45) is 1.81. The normalized spacial score (nSPS) is 11.0. The first-order valence-corrected chi connectivity index (χ1v) is 8.46. The Bertz CT molecular complexity index is 876. The van der Waals surface area contributed by atoms with Crippen molar-refractivity contribution in [3.05, 3.63) is 80.9 Å². The topological polar surface area (TPSA) is 34.4 Å². The molecule has 3 nitrogen and oxygen atoms in total. The molecule has 2 aromatic heterocycles. The minimum atomic E-state index is -0.0351. The number of aryl methyl sites for hydroxylation is 1. The summed E-state index contributed by atoms with van der Waals surface area (Å²) in [4.78, 5) is 16.7. The largest absolute Gasteiger partial charge is 0.269 e. The Morgan fingerprint density at radius 2 is 2.05 bits per heavy atom. The number of rotatable bonds is 4. The lowest BCUT2D eigenvalue weighted by molar-refractivity contribution is 1.00. The van der Waals surface area contributed by atoms with Crippen LogP contribution in [0.25, 0.3) is 5.65 Å². The molecule has 0 spiro atoms. The number of hydrogen-bond acceptors (Lipinski definition) is 3. The summed E-state index contributed by atoms with van der Waals surface area (Å²) in [5.41, 5.74) is 3.68. The van der Waals surface area contributed by atoms with E-state index in [-0.39, 0.29) is 5.56 Å². The molecule has 1 aromatic carbocycles. The van der Waals surface area contributed by atoms with Crippen molar-refractivity contribution in [1.29, 1.82) is 0 Å². The second kappa shape index (κ2) is 6.55. The molecule has 0 saturated heterocycles. The zero-order valence-corrected chi connectivity index (χ0v) is 13.7. The van der Waals surface area contributed by atoms with Crippen molar-refractivity contribution in [2.24, 2.45) is 0 Å². The van der Waals surface area contributed by atoms with Gasteiger partial charge in [0.15, 0.2) is 0 Å². The molecule has 0 unspecified atom stereocenters. The summed E-state index contributed by atoms with van der Waals surface area (Å²) in [6.45, 7) is 1.96. The van der Waals surface area contributed by atoms with Crippen molar-refractivity contribution in [3.8, 4) is 0 Å². The van der Waals surface area contributed by atoms with Crippen molar-refractivity contribution >= 4 is 29.0 Å². The van der Waals surface area contributed by atoms with Gasteiger partial charge in [0.1, 0.15) is 5.65 Å². The molecule has 112 valence electrons. The monoisotopic (exact) mass is 330 g/mol. The number of nitrogens with zero attached hydrogens (tertiary/aromatic N) is 2. The smallest absolute Gasteiger partial charge is 0.258 e. The molecule has 0 aliphatic heterocycles. The van der Waals surface area contributed by atoms with Crippen LogP contribution in [0, 0.1) is 6.92 Å². The van der Waals surface area contributed by atoms with E-state index >= 15 is 0 Å². The van der Waals surface area contributed by atoms with Gasteiger partial charge in [0.05, 0.1) is 5.69 Å². The number of thioether (sulfide) groups is 1. The van der Waals surface area contributed by atoms with E-state index in [9.17, 15) is 4.79 Å². The fourth-order valence-corrected chi connectivity index (χ4v) is 3.32. The van der Waals surface area contributed by atoms with Gasteiger partial charge in [-0.1, -0.05) is 29.8 Å². The number of halogens is 1. The maximum absolute atomic E-state index is 12.1. The molecule has 5 heteroatoms. The van der Waals surface area contributed by atoms with Gasteiger partial charge in [-0.05, 0) is 36.2 Å². The molecule has 0 bridgehead atoms. The predicted octanol–water partition coefficient (Wildman–Crippen LogP) is 4.09. The Labute approximate surface area is 138 Å². The molecule has 0 radical (unpaired) electrons. The van der Waals surface area contributed by atoms with Crippen molar-refractivity contribution < 1.29 is 0 Å². The van der Waals surface area contributed by atoms with Crippen molar-refractivity contribution in [3.63, 3.8) is 0 Å². The Morgan fingerprint density at radius 3 is 2.86 bits per heavy atom. The summed E-state index contributed by atoms with van der Waals surface area (Å²) in [5.74, 6) is 1.54. The standard InChI is InChI=1S/C17H15ClN2OS/c1-12-5-6-16-19-15(8-17(21)20(16)9-12)11-22-10-13-3-2-4-14(18)7-13/h2-9H,10-11H2,1H3. The molecule has 22 heavy (non-hydrogen) atoms. The van der Waals surface area contributed by atoms with Gasteiger partial charge in [-0.25, -0.2) is 4.98 Å². The van der Waals surface area contributed by atoms with Gasteiger partial charge in [0.25, 0.3) is 5.56 Å². The number of benzene rings is 1. The summed E-state index contributed by atoms with van der Waals surface area (Å²) in [5, 5.41) is 0.746. The number of hydrogen-bond donors (Lipinski definition) is 0. The van der Waals surface area contributed by atoms with Crippen molar-refractivity contribution in [1.82, 2.24) is 9.38 Å². The lowest BCUT2D eigenvalue weighted by Gasteiger charge is -2.05. The lowest BCUT2D eigenvalue weighted by atomic mass is 10.2. The first kappa shape index (κ1) is 15.1. The third-order valence-electron chi connectivity index (χ3n) is 3.27. The molecule has 0 saturated carbocycles. The van der Waals surface area contributed by atoms with Crippen LogP contribution >= 0.6 is 23.4 Å². The van der Waals surface area contributed by atoms with Crippen LogP contribution in [-0.4, -0.2) is 9.38 Å². The van der Waals surface area contributed by atoms with Gasteiger partial charge in [-0.15, -0.1) is 0 Å². The molecule has 0 amide bonds. The Hall–Kier alpha value is -1.78. The molecule has 0 aliphatic carbocycles. The van der Waals surface area contributed by atoms with Gasteiger partial charge in [0, 0.05) is 28.8 Å². The average Bonchev–Trinajstić information content (AvgIpc) is 2.48. The van der Waals surface area contributed by atoms with Gasteiger partial charge >= 0.3 is 0 Å². The molecule has 3 aromatic rings. The van der Waals surface area contributed by atoms with Crippen LogP contribution in [0.1, 0.15) is 16.8 Å². The lowest BCUT2D eigenvalue weighted by Crippen LogP contribution is -2.15. The summed E-state index contributed by atoms with van der Waals surface area (Å²) in [6, 6.07) is 13.3. The highest BCUT2D eigenvalue weighted by Gasteiger charge is 2.03. The Balaban J connectivity index is 1.74. The van der Waals surface area contributed by atoms with Gasteiger partial charge in [-0.3, -0.25) is 9.20 Å². The highest BCUT2D eigenvalue weighted by Crippen LogP contribution is 2.19. The third-order valence-corrected chi connectivity index (χ3v) is 4.54. The molecular formula is C17H15ClN2OS. The van der Waals surface area contributed by atoms with Crippen molar-refractivity contribution in [2.75, 3.05) is 0 Å². The molecule has 3 rings (SSSR count). The van der Waals surface area contributed by atoms with Crippen LogP contribution in [0.3, 0.4) is 0 Å². The van der Waals surface area contributed by atoms with Crippen LogP contribution in [0.5, 0.6) is 0 Å². The summed E-state index contributed by atoms with van der Waals surface area (Å²) >= 11 is 7.69. The minimum absolute atomic E-state index is 0.0351. The third kappa shape index (κ3) is 3.51. The zero-order valence-electron chi connectivity index (χ0n) is 12.1. The predicted molar refractivity (Wildman–Crippen MR) is 92.7 cm³/mol. The second-order valence-electron chi connectivity index (χ2n) is 5.14. The number of pyridine rings is 1. The molecule has 0 fully saturated rings. The maximum atomic E-state index is 12.1. The summed E-state index contributed by atoms with van der Waals surface area (Å²) in [7, 11) is 0. The van der Waals surface area contributed by atoms with E-state index in [0.717, 1.165) is 22.0 Å². The first-order valence-electron chi connectivity index (χ1n) is 6.93. The van der Waals surface area contributed by atoms with E-state index in [1.54, 1.807) is 22.2 Å². The fraction of sp³-hybridized carbons (Fsp3) is 0.176. The van der Waals surface area contributed by atoms with Gasteiger partial charge < -0.3 is 0 Å². The van der Waals surface area contributed by atoms with E-state index in [2.05, 4.69) is 4.98 Å². The van der Waals surface area contributed by atoms with Gasteiger partial charge in [-0.2, -0.15) is 11.8 Å². The Morgan fingerprint density at radius 1 is 1.18 bits per heavy atom. The van der Waals surface area contributed by atoms with Crippen LogP contribution in [0.15, 0.2) is 53.5 Å². The highest BCUT2D eigenvalue weighted by molar-refractivity contribution is 7.97. The molecule has 0 atom stereocenters.